The molecule has 1 aliphatic heterocycles. The van der Waals surface area contributed by atoms with E-state index < -0.39 is 0 Å². The third kappa shape index (κ3) is 3.60. The fourth-order valence-corrected chi connectivity index (χ4v) is 3.06. The van der Waals surface area contributed by atoms with Crippen molar-refractivity contribution in [3.05, 3.63) is 47.7 Å². The second-order valence-electron chi connectivity index (χ2n) is 5.87. The molecule has 0 saturated carbocycles. The van der Waals surface area contributed by atoms with Crippen molar-refractivity contribution in [1.29, 1.82) is 0 Å². The zero-order chi connectivity index (χ0) is 16.1. The highest BCUT2D eigenvalue weighted by molar-refractivity contribution is 5.55. The molecule has 2 aromatic rings. The van der Waals surface area contributed by atoms with E-state index >= 15 is 0 Å². The van der Waals surface area contributed by atoms with Crippen molar-refractivity contribution in [2.75, 3.05) is 23.3 Å². The lowest BCUT2D eigenvalue weighted by Crippen LogP contribution is -2.30. The van der Waals surface area contributed by atoms with Gasteiger partial charge in [0.1, 0.15) is 6.33 Å². The average Bonchev–Trinajstić information content (AvgIpc) is 2.62. The van der Waals surface area contributed by atoms with Gasteiger partial charge in [-0.2, -0.15) is 0 Å². The molecule has 1 aliphatic rings. The number of nitrogens with one attached hydrogen (secondary N) is 1. The summed E-state index contributed by atoms with van der Waals surface area (Å²) < 4.78 is 14.2. The molecule has 4 nitrogen and oxygen atoms in total. The van der Waals surface area contributed by atoms with Crippen LogP contribution in [0.5, 0.6) is 0 Å². The fraction of sp³-hybridized carbons (Fsp3) is 0.444. The summed E-state index contributed by atoms with van der Waals surface area (Å²) in [5.41, 5.74) is 2.86. The molecule has 0 aliphatic carbocycles. The lowest BCUT2D eigenvalue weighted by molar-refractivity contribution is 0.576. The number of piperidine rings is 1. The third-order valence-corrected chi connectivity index (χ3v) is 4.33. The maximum atomic E-state index is 14.2. The minimum atomic E-state index is -0.342. The molecule has 1 N–H and O–H groups in total. The monoisotopic (exact) mass is 314 g/mol. The Morgan fingerprint density at radius 3 is 2.70 bits per heavy atom. The van der Waals surface area contributed by atoms with Crippen molar-refractivity contribution in [2.24, 2.45) is 0 Å². The van der Waals surface area contributed by atoms with Crippen LogP contribution >= 0.6 is 0 Å². The Morgan fingerprint density at radius 1 is 1.13 bits per heavy atom. The topological polar surface area (TPSA) is 41.1 Å². The number of hydrogen-bond donors (Lipinski definition) is 1. The molecule has 1 saturated heterocycles. The van der Waals surface area contributed by atoms with E-state index in [-0.39, 0.29) is 11.6 Å². The quantitative estimate of drug-likeness (QED) is 0.912. The van der Waals surface area contributed by atoms with Crippen molar-refractivity contribution in [1.82, 2.24) is 9.97 Å². The molecule has 0 radical (unpaired) electrons. The minimum Gasteiger partial charge on any atom is -0.371 e. The first-order valence-electron chi connectivity index (χ1n) is 8.35. The summed E-state index contributed by atoms with van der Waals surface area (Å²) in [5, 5.41) is 3.13. The van der Waals surface area contributed by atoms with Gasteiger partial charge in [-0.15, -0.1) is 0 Å². The number of nitrogens with zero attached hydrogens (tertiary/aromatic N) is 3. The van der Waals surface area contributed by atoms with Crippen LogP contribution in [0, 0.1) is 5.82 Å². The van der Waals surface area contributed by atoms with E-state index in [0.717, 1.165) is 13.1 Å². The Bertz CT molecular complexity index is 653. The highest BCUT2D eigenvalue weighted by atomic mass is 19.1. The molecule has 0 atom stereocenters. The Labute approximate surface area is 136 Å². The van der Waals surface area contributed by atoms with Gasteiger partial charge in [-0.05, 0) is 37.3 Å². The van der Waals surface area contributed by atoms with Gasteiger partial charge in [0.2, 0.25) is 0 Å². The summed E-state index contributed by atoms with van der Waals surface area (Å²) in [6.07, 6.45) is 5.77. The lowest BCUT2D eigenvalue weighted by Gasteiger charge is -2.30. The zero-order valence-electron chi connectivity index (χ0n) is 13.6. The van der Waals surface area contributed by atoms with Crippen LogP contribution in [0.25, 0.3) is 0 Å². The van der Waals surface area contributed by atoms with Gasteiger partial charge < -0.3 is 10.2 Å². The number of aryl methyl sites for hydroxylation is 1. The number of halogens is 1. The van der Waals surface area contributed by atoms with E-state index in [1.165, 1.54) is 36.8 Å². The van der Waals surface area contributed by atoms with Crippen LogP contribution in [-0.4, -0.2) is 23.1 Å². The molecule has 3 rings (SSSR count). The van der Waals surface area contributed by atoms with Gasteiger partial charge >= 0.3 is 0 Å². The minimum absolute atomic E-state index is 0.283. The average molecular weight is 314 g/mol. The number of para-hydroxylation sites is 1. The predicted molar refractivity (Wildman–Crippen MR) is 91.2 cm³/mol. The number of anilines is 2. The molecule has 122 valence electrons. The van der Waals surface area contributed by atoms with E-state index in [9.17, 15) is 4.39 Å². The number of rotatable bonds is 5. The first-order chi connectivity index (χ1) is 11.3. The maximum Gasteiger partial charge on any atom is 0.186 e. The first kappa shape index (κ1) is 15.7. The van der Waals surface area contributed by atoms with Crippen LogP contribution < -0.4 is 10.2 Å². The van der Waals surface area contributed by atoms with Crippen molar-refractivity contribution >= 4 is 11.5 Å². The SMILES string of the molecule is CCc1ncnc(NCc2ccccc2N2CCCCC2)c1F. The van der Waals surface area contributed by atoms with Gasteiger partial charge in [-0.1, -0.05) is 25.1 Å². The fourth-order valence-electron chi connectivity index (χ4n) is 3.06. The third-order valence-electron chi connectivity index (χ3n) is 4.33. The highest BCUT2D eigenvalue weighted by Gasteiger charge is 2.15. The summed E-state index contributed by atoms with van der Waals surface area (Å²) in [4.78, 5) is 10.4. The van der Waals surface area contributed by atoms with E-state index in [0.29, 0.717) is 18.7 Å². The molecule has 5 heteroatoms. The number of benzene rings is 1. The molecule has 23 heavy (non-hydrogen) atoms. The lowest BCUT2D eigenvalue weighted by atomic mass is 10.1. The van der Waals surface area contributed by atoms with Gasteiger partial charge in [-0.25, -0.2) is 14.4 Å². The molecule has 2 heterocycles. The summed E-state index contributed by atoms with van der Waals surface area (Å²) in [6.45, 7) is 4.64. The van der Waals surface area contributed by atoms with Crippen LogP contribution in [0.1, 0.15) is 37.4 Å². The maximum absolute atomic E-state index is 14.2. The molecule has 1 aromatic heterocycles. The normalized spacial score (nSPS) is 14.8. The number of aromatic nitrogens is 2. The smallest absolute Gasteiger partial charge is 0.186 e. The summed E-state index contributed by atoms with van der Waals surface area (Å²) >= 11 is 0. The van der Waals surface area contributed by atoms with Gasteiger partial charge in [0.15, 0.2) is 11.6 Å². The van der Waals surface area contributed by atoms with Crippen LogP contribution in [0.2, 0.25) is 0 Å². The largest absolute Gasteiger partial charge is 0.371 e. The first-order valence-corrected chi connectivity index (χ1v) is 8.35. The number of hydrogen-bond acceptors (Lipinski definition) is 4. The van der Waals surface area contributed by atoms with Gasteiger partial charge in [0.05, 0.1) is 5.69 Å². The van der Waals surface area contributed by atoms with Crippen molar-refractivity contribution in [3.63, 3.8) is 0 Å². The van der Waals surface area contributed by atoms with Crippen LogP contribution in [0.4, 0.5) is 15.9 Å². The molecule has 0 spiro atoms. The second kappa shape index (κ2) is 7.40. The van der Waals surface area contributed by atoms with E-state index in [4.69, 9.17) is 0 Å². The van der Waals surface area contributed by atoms with Crippen molar-refractivity contribution in [2.45, 2.75) is 39.2 Å². The highest BCUT2D eigenvalue weighted by Crippen LogP contribution is 2.25. The van der Waals surface area contributed by atoms with E-state index in [1.54, 1.807) is 0 Å². The zero-order valence-corrected chi connectivity index (χ0v) is 13.6. The molecule has 0 amide bonds. The second-order valence-corrected chi connectivity index (χ2v) is 5.87. The molecule has 0 bridgehead atoms. The van der Waals surface area contributed by atoms with Crippen LogP contribution in [-0.2, 0) is 13.0 Å². The van der Waals surface area contributed by atoms with Gasteiger partial charge in [-0.3, -0.25) is 0 Å². The van der Waals surface area contributed by atoms with Crippen LogP contribution in [0.15, 0.2) is 30.6 Å². The standard InChI is InChI=1S/C18H23FN4/c1-2-15-17(19)18(22-13-21-15)20-12-14-8-4-5-9-16(14)23-10-6-3-7-11-23/h4-5,8-9,13H,2-3,6-7,10-12H2,1H3,(H,20,21,22). The Morgan fingerprint density at radius 2 is 1.91 bits per heavy atom. The molecule has 0 unspecified atom stereocenters. The van der Waals surface area contributed by atoms with Crippen LogP contribution in [0.3, 0.4) is 0 Å². The van der Waals surface area contributed by atoms with Crippen molar-refractivity contribution < 1.29 is 4.39 Å². The molecular weight excluding hydrogens is 291 g/mol. The van der Waals surface area contributed by atoms with E-state index in [1.807, 2.05) is 13.0 Å². The summed E-state index contributed by atoms with van der Waals surface area (Å²) in [5.74, 6) is -0.0595. The molecule has 1 aromatic carbocycles. The van der Waals surface area contributed by atoms with Gasteiger partial charge in [0.25, 0.3) is 0 Å². The van der Waals surface area contributed by atoms with Gasteiger partial charge in [0, 0.05) is 25.3 Å². The predicted octanol–water partition coefficient (Wildman–Crippen LogP) is 3.78. The Hall–Kier alpha value is -2.17. The summed E-state index contributed by atoms with van der Waals surface area (Å²) in [6, 6.07) is 8.33. The Balaban J connectivity index is 1.76. The summed E-state index contributed by atoms with van der Waals surface area (Å²) in [7, 11) is 0. The molecule has 1 fully saturated rings. The Kier molecular flexibility index (Phi) is 5.05. The van der Waals surface area contributed by atoms with Crippen molar-refractivity contribution in [3.8, 4) is 0 Å². The van der Waals surface area contributed by atoms with E-state index in [2.05, 4.69) is 38.4 Å². The molecular formula is C18H23FN4.